The predicted molar refractivity (Wildman–Crippen MR) is 85.3 cm³/mol. The van der Waals surface area contributed by atoms with E-state index < -0.39 is 0 Å². The Labute approximate surface area is 117 Å². The molecule has 1 nitrogen and oxygen atoms in total. The summed E-state index contributed by atoms with van der Waals surface area (Å²) in [6.07, 6.45) is 0. The molecule has 0 amide bonds. The van der Waals surface area contributed by atoms with E-state index in [9.17, 15) is 0 Å². The SMILES string of the molecule is CC(C)c1cccc2oc3ccc4ccccc4c3c12. The fourth-order valence-corrected chi connectivity index (χ4v) is 3.09. The normalized spacial score (nSPS) is 11.9. The van der Waals surface area contributed by atoms with E-state index in [1.807, 2.05) is 0 Å². The first kappa shape index (κ1) is 11.5. The van der Waals surface area contributed by atoms with Gasteiger partial charge in [-0.2, -0.15) is 0 Å². The second kappa shape index (κ2) is 4.11. The third kappa shape index (κ3) is 1.50. The zero-order chi connectivity index (χ0) is 13.7. The molecule has 0 aliphatic carbocycles. The molecule has 0 spiro atoms. The Kier molecular flexibility index (Phi) is 2.37. The Hall–Kier alpha value is -2.28. The molecule has 0 aliphatic heterocycles. The van der Waals surface area contributed by atoms with Crippen LogP contribution in [0.5, 0.6) is 0 Å². The van der Waals surface area contributed by atoms with Crippen molar-refractivity contribution in [2.24, 2.45) is 0 Å². The summed E-state index contributed by atoms with van der Waals surface area (Å²) in [6.45, 7) is 4.47. The summed E-state index contributed by atoms with van der Waals surface area (Å²) in [4.78, 5) is 0. The molecule has 0 atom stereocenters. The fourth-order valence-electron chi connectivity index (χ4n) is 3.09. The van der Waals surface area contributed by atoms with Gasteiger partial charge in [-0.05, 0) is 34.4 Å². The maximum atomic E-state index is 6.05. The van der Waals surface area contributed by atoms with Gasteiger partial charge in [-0.1, -0.05) is 56.3 Å². The van der Waals surface area contributed by atoms with E-state index in [1.54, 1.807) is 0 Å². The Balaban J connectivity index is 2.32. The van der Waals surface area contributed by atoms with Crippen molar-refractivity contribution >= 4 is 32.7 Å². The molecule has 4 aromatic rings. The molecule has 1 heteroatoms. The van der Waals surface area contributed by atoms with E-state index in [0.717, 1.165) is 11.2 Å². The molecule has 98 valence electrons. The molecular formula is C19H16O. The van der Waals surface area contributed by atoms with Crippen LogP contribution in [0.4, 0.5) is 0 Å². The van der Waals surface area contributed by atoms with Crippen LogP contribution >= 0.6 is 0 Å². The minimum absolute atomic E-state index is 0.485. The van der Waals surface area contributed by atoms with Crippen LogP contribution in [0.1, 0.15) is 25.3 Å². The Morgan fingerprint density at radius 3 is 2.40 bits per heavy atom. The molecular weight excluding hydrogens is 244 g/mol. The first-order valence-corrected chi connectivity index (χ1v) is 7.08. The second-order valence-electron chi connectivity index (χ2n) is 5.64. The van der Waals surface area contributed by atoms with Crippen molar-refractivity contribution in [2.45, 2.75) is 19.8 Å². The lowest BCUT2D eigenvalue weighted by atomic mass is 9.95. The molecule has 20 heavy (non-hydrogen) atoms. The van der Waals surface area contributed by atoms with Gasteiger partial charge in [0, 0.05) is 10.8 Å². The first-order chi connectivity index (χ1) is 9.75. The summed E-state index contributed by atoms with van der Waals surface area (Å²) in [5.41, 5.74) is 3.33. The zero-order valence-electron chi connectivity index (χ0n) is 11.7. The van der Waals surface area contributed by atoms with Crippen LogP contribution in [0, 0.1) is 0 Å². The van der Waals surface area contributed by atoms with E-state index in [4.69, 9.17) is 4.42 Å². The van der Waals surface area contributed by atoms with Crippen molar-refractivity contribution in [2.75, 3.05) is 0 Å². The van der Waals surface area contributed by atoms with Crippen molar-refractivity contribution in [3.05, 3.63) is 60.2 Å². The molecule has 0 unspecified atom stereocenters. The molecule has 0 aliphatic rings. The Morgan fingerprint density at radius 2 is 1.55 bits per heavy atom. The summed E-state index contributed by atoms with van der Waals surface area (Å²) < 4.78 is 6.05. The lowest BCUT2D eigenvalue weighted by Crippen LogP contribution is -1.87. The van der Waals surface area contributed by atoms with Crippen LogP contribution in [0.15, 0.2) is 59.0 Å². The molecule has 0 fully saturated rings. The highest BCUT2D eigenvalue weighted by atomic mass is 16.3. The van der Waals surface area contributed by atoms with Crippen molar-refractivity contribution < 1.29 is 4.42 Å². The Bertz CT molecular complexity index is 928. The van der Waals surface area contributed by atoms with Crippen LogP contribution in [0.3, 0.4) is 0 Å². The largest absolute Gasteiger partial charge is 0.456 e. The highest BCUT2D eigenvalue weighted by Crippen LogP contribution is 2.38. The highest BCUT2D eigenvalue weighted by molar-refractivity contribution is 6.19. The minimum Gasteiger partial charge on any atom is -0.456 e. The van der Waals surface area contributed by atoms with Gasteiger partial charge in [0.05, 0.1) is 0 Å². The van der Waals surface area contributed by atoms with E-state index in [2.05, 4.69) is 68.4 Å². The Morgan fingerprint density at radius 1 is 0.750 bits per heavy atom. The second-order valence-corrected chi connectivity index (χ2v) is 5.64. The molecule has 0 N–H and O–H groups in total. The van der Waals surface area contributed by atoms with Crippen LogP contribution in [0.25, 0.3) is 32.7 Å². The molecule has 1 aromatic heterocycles. The fraction of sp³-hybridized carbons (Fsp3) is 0.158. The summed E-state index contributed by atoms with van der Waals surface area (Å²) in [5, 5.41) is 5.06. The van der Waals surface area contributed by atoms with E-state index in [0.29, 0.717) is 5.92 Å². The van der Waals surface area contributed by atoms with Crippen molar-refractivity contribution in [3.8, 4) is 0 Å². The lowest BCUT2D eigenvalue weighted by Gasteiger charge is -2.07. The van der Waals surface area contributed by atoms with Crippen molar-refractivity contribution in [1.29, 1.82) is 0 Å². The number of benzene rings is 3. The molecule has 0 saturated carbocycles. The zero-order valence-corrected chi connectivity index (χ0v) is 11.7. The summed E-state index contributed by atoms with van der Waals surface area (Å²) in [6, 6.07) is 19.1. The smallest absolute Gasteiger partial charge is 0.136 e. The van der Waals surface area contributed by atoms with E-state index in [1.165, 1.54) is 27.1 Å². The van der Waals surface area contributed by atoms with E-state index >= 15 is 0 Å². The van der Waals surface area contributed by atoms with Gasteiger partial charge >= 0.3 is 0 Å². The standard InChI is InChI=1S/C19H16O/c1-12(2)14-8-5-9-16-18(14)19-15-7-4-3-6-13(15)10-11-17(19)20-16/h3-12H,1-2H3. The molecule has 0 radical (unpaired) electrons. The van der Waals surface area contributed by atoms with Gasteiger partial charge in [0.2, 0.25) is 0 Å². The van der Waals surface area contributed by atoms with Crippen molar-refractivity contribution in [1.82, 2.24) is 0 Å². The van der Waals surface area contributed by atoms with Gasteiger partial charge in [0.1, 0.15) is 11.2 Å². The van der Waals surface area contributed by atoms with Crippen LogP contribution in [-0.4, -0.2) is 0 Å². The van der Waals surface area contributed by atoms with Gasteiger partial charge in [0.15, 0.2) is 0 Å². The van der Waals surface area contributed by atoms with Gasteiger partial charge in [0.25, 0.3) is 0 Å². The summed E-state index contributed by atoms with van der Waals surface area (Å²) in [5.74, 6) is 0.485. The lowest BCUT2D eigenvalue weighted by molar-refractivity contribution is 0.668. The number of furan rings is 1. The quantitative estimate of drug-likeness (QED) is 0.417. The maximum Gasteiger partial charge on any atom is 0.136 e. The molecule has 3 aromatic carbocycles. The molecule has 1 heterocycles. The third-order valence-corrected chi connectivity index (χ3v) is 4.04. The molecule has 0 bridgehead atoms. The van der Waals surface area contributed by atoms with Crippen molar-refractivity contribution in [3.63, 3.8) is 0 Å². The van der Waals surface area contributed by atoms with Gasteiger partial charge < -0.3 is 4.42 Å². The van der Waals surface area contributed by atoms with Crippen LogP contribution in [0.2, 0.25) is 0 Å². The molecule has 0 saturated heterocycles. The number of fused-ring (bicyclic) bond motifs is 5. The summed E-state index contributed by atoms with van der Waals surface area (Å²) in [7, 11) is 0. The summed E-state index contributed by atoms with van der Waals surface area (Å²) >= 11 is 0. The average molecular weight is 260 g/mol. The number of rotatable bonds is 1. The predicted octanol–water partition coefficient (Wildman–Crippen LogP) is 5.86. The number of hydrogen-bond acceptors (Lipinski definition) is 1. The topological polar surface area (TPSA) is 13.1 Å². The monoisotopic (exact) mass is 260 g/mol. The third-order valence-electron chi connectivity index (χ3n) is 4.04. The highest BCUT2D eigenvalue weighted by Gasteiger charge is 2.14. The van der Waals surface area contributed by atoms with Gasteiger partial charge in [-0.25, -0.2) is 0 Å². The van der Waals surface area contributed by atoms with Crippen LogP contribution in [-0.2, 0) is 0 Å². The van der Waals surface area contributed by atoms with Gasteiger partial charge in [-0.3, -0.25) is 0 Å². The van der Waals surface area contributed by atoms with Crippen LogP contribution < -0.4 is 0 Å². The number of hydrogen-bond donors (Lipinski definition) is 0. The van der Waals surface area contributed by atoms with Gasteiger partial charge in [-0.15, -0.1) is 0 Å². The molecule has 4 rings (SSSR count). The first-order valence-electron chi connectivity index (χ1n) is 7.08. The average Bonchev–Trinajstić information content (AvgIpc) is 2.85. The van der Waals surface area contributed by atoms with E-state index in [-0.39, 0.29) is 0 Å². The maximum absolute atomic E-state index is 6.05. The minimum atomic E-state index is 0.485.